The second kappa shape index (κ2) is 7.96. The smallest absolute Gasteiger partial charge is 0.269 e. The minimum Gasteiger partial charge on any atom is -0.352 e. The van der Waals surface area contributed by atoms with Gasteiger partial charge in [-0.2, -0.15) is 0 Å². The first-order valence-electron chi connectivity index (χ1n) is 8.61. The SMILES string of the molecule is CN(C)CCCNC(=O)c1ccc2nc(-c3ccc([N+](=O)[O-])cc3)[nH]c2c1. The molecular formula is C19H21N5O3. The molecule has 3 rings (SSSR count). The van der Waals surface area contributed by atoms with Crippen LogP contribution in [-0.2, 0) is 0 Å². The number of aromatic amines is 1. The van der Waals surface area contributed by atoms with E-state index < -0.39 is 4.92 Å². The Labute approximate surface area is 156 Å². The van der Waals surface area contributed by atoms with Crippen molar-refractivity contribution in [3.05, 3.63) is 58.1 Å². The summed E-state index contributed by atoms with van der Waals surface area (Å²) in [5, 5.41) is 13.7. The first-order chi connectivity index (χ1) is 12.9. The van der Waals surface area contributed by atoms with E-state index in [4.69, 9.17) is 0 Å². The van der Waals surface area contributed by atoms with Gasteiger partial charge in [-0.15, -0.1) is 0 Å². The molecule has 8 heteroatoms. The molecule has 0 radical (unpaired) electrons. The molecule has 3 aromatic rings. The Morgan fingerprint density at radius 1 is 1.22 bits per heavy atom. The van der Waals surface area contributed by atoms with Gasteiger partial charge in [-0.05, 0) is 57.4 Å². The number of carbonyl (C=O) groups is 1. The van der Waals surface area contributed by atoms with Crippen LogP contribution in [0.1, 0.15) is 16.8 Å². The average molecular weight is 367 g/mol. The highest BCUT2D eigenvalue weighted by atomic mass is 16.6. The largest absolute Gasteiger partial charge is 0.352 e. The van der Waals surface area contributed by atoms with Crippen LogP contribution in [0.15, 0.2) is 42.5 Å². The van der Waals surface area contributed by atoms with Crippen LogP contribution in [0.5, 0.6) is 0 Å². The van der Waals surface area contributed by atoms with E-state index in [9.17, 15) is 14.9 Å². The number of H-pyrrole nitrogens is 1. The number of non-ortho nitro benzene ring substituents is 1. The first-order valence-corrected chi connectivity index (χ1v) is 8.61. The van der Waals surface area contributed by atoms with E-state index in [-0.39, 0.29) is 11.6 Å². The molecule has 0 spiro atoms. The number of nitro benzene ring substituents is 1. The van der Waals surface area contributed by atoms with Crippen LogP contribution in [0, 0.1) is 10.1 Å². The van der Waals surface area contributed by atoms with Crippen LogP contribution in [0.2, 0.25) is 0 Å². The Kier molecular flexibility index (Phi) is 5.46. The minimum absolute atomic E-state index is 0.0306. The van der Waals surface area contributed by atoms with Crippen molar-refractivity contribution in [2.45, 2.75) is 6.42 Å². The maximum absolute atomic E-state index is 12.3. The molecule has 0 unspecified atom stereocenters. The zero-order valence-corrected chi connectivity index (χ0v) is 15.2. The highest BCUT2D eigenvalue weighted by Gasteiger charge is 2.11. The fraction of sp³-hybridized carbons (Fsp3) is 0.263. The average Bonchev–Trinajstić information content (AvgIpc) is 3.08. The van der Waals surface area contributed by atoms with Gasteiger partial charge >= 0.3 is 0 Å². The van der Waals surface area contributed by atoms with Crippen LogP contribution in [0.25, 0.3) is 22.4 Å². The van der Waals surface area contributed by atoms with Gasteiger partial charge in [0.25, 0.3) is 11.6 Å². The summed E-state index contributed by atoms with van der Waals surface area (Å²) < 4.78 is 0. The van der Waals surface area contributed by atoms with Crippen molar-refractivity contribution in [1.82, 2.24) is 20.2 Å². The van der Waals surface area contributed by atoms with Gasteiger partial charge in [-0.3, -0.25) is 14.9 Å². The Balaban J connectivity index is 1.74. The van der Waals surface area contributed by atoms with E-state index in [2.05, 4.69) is 20.2 Å². The molecule has 140 valence electrons. The molecule has 0 bridgehead atoms. The maximum Gasteiger partial charge on any atom is 0.269 e. The molecule has 8 nitrogen and oxygen atoms in total. The van der Waals surface area contributed by atoms with Crippen molar-refractivity contribution in [1.29, 1.82) is 0 Å². The summed E-state index contributed by atoms with van der Waals surface area (Å²) in [5.74, 6) is 0.477. The van der Waals surface area contributed by atoms with E-state index in [1.807, 2.05) is 14.1 Å². The van der Waals surface area contributed by atoms with Gasteiger partial charge < -0.3 is 15.2 Å². The van der Waals surface area contributed by atoms with Gasteiger partial charge in [0.15, 0.2) is 0 Å². The number of fused-ring (bicyclic) bond motifs is 1. The normalized spacial score (nSPS) is 11.1. The van der Waals surface area contributed by atoms with Gasteiger partial charge in [0.2, 0.25) is 0 Å². The monoisotopic (exact) mass is 367 g/mol. The predicted octanol–water partition coefficient (Wildman–Crippen LogP) is 2.82. The van der Waals surface area contributed by atoms with Crippen LogP contribution in [0.4, 0.5) is 5.69 Å². The number of nitro groups is 1. The Morgan fingerprint density at radius 2 is 1.96 bits per heavy atom. The molecule has 0 aliphatic heterocycles. The zero-order valence-electron chi connectivity index (χ0n) is 15.2. The summed E-state index contributed by atoms with van der Waals surface area (Å²) >= 11 is 0. The fourth-order valence-electron chi connectivity index (χ4n) is 2.73. The lowest BCUT2D eigenvalue weighted by atomic mass is 10.2. The molecule has 1 aromatic heterocycles. The summed E-state index contributed by atoms with van der Waals surface area (Å²) in [6.45, 7) is 1.53. The second-order valence-corrected chi connectivity index (χ2v) is 6.53. The molecular weight excluding hydrogens is 346 g/mol. The number of aromatic nitrogens is 2. The highest BCUT2D eigenvalue weighted by molar-refractivity contribution is 5.97. The third kappa shape index (κ3) is 4.48. The molecule has 0 aliphatic carbocycles. The Morgan fingerprint density at radius 3 is 2.63 bits per heavy atom. The summed E-state index contributed by atoms with van der Waals surface area (Å²) in [4.78, 5) is 32.3. The summed E-state index contributed by atoms with van der Waals surface area (Å²) in [6.07, 6.45) is 0.884. The third-order valence-corrected chi connectivity index (χ3v) is 4.16. The van der Waals surface area contributed by atoms with Crippen molar-refractivity contribution < 1.29 is 9.72 Å². The van der Waals surface area contributed by atoms with Crippen molar-refractivity contribution in [3.8, 4) is 11.4 Å². The molecule has 0 fully saturated rings. The van der Waals surface area contributed by atoms with Gasteiger partial charge in [-0.1, -0.05) is 0 Å². The number of carbonyl (C=O) groups excluding carboxylic acids is 1. The van der Waals surface area contributed by atoms with E-state index in [0.29, 0.717) is 17.9 Å². The molecule has 0 saturated heterocycles. The number of amides is 1. The fourth-order valence-corrected chi connectivity index (χ4v) is 2.73. The van der Waals surface area contributed by atoms with E-state index >= 15 is 0 Å². The molecule has 1 heterocycles. The molecule has 1 amide bonds. The highest BCUT2D eigenvalue weighted by Crippen LogP contribution is 2.23. The molecule has 27 heavy (non-hydrogen) atoms. The number of benzene rings is 2. The summed E-state index contributed by atoms with van der Waals surface area (Å²) in [5.41, 5.74) is 2.80. The van der Waals surface area contributed by atoms with E-state index in [1.165, 1.54) is 12.1 Å². The molecule has 0 atom stereocenters. The Bertz CT molecular complexity index is 963. The number of imidazole rings is 1. The van der Waals surface area contributed by atoms with E-state index in [0.717, 1.165) is 29.6 Å². The van der Waals surface area contributed by atoms with Crippen LogP contribution >= 0.6 is 0 Å². The number of hydrogen-bond donors (Lipinski definition) is 2. The number of rotatable bonds is 7. The van der Waals surface area contributed by atoms with E-state index in [1.54, 1.807) is 30.3 Å². The first kappa shape index (κ1) is 18.5. The van der Waals surface area contributed by atoms with Crippen molar-refractivity contribution >= 4 is 22.6 Å². The van der Waals surface area contributed by atoms with Crippen LogP contribution in [-0.4, -0.2) is 52.9 Å². The van der Waals surface area contributed by atoms with Gasteiger partial charge in [-0.25, -0.2) is 4.98 Å². The van der Waals surface area contributed by atoms with Gasteiger partial charge in [0.05, 0.1) is 16.0 Å². The van der Waals surface area contributed by atoms with Crippen molar-refractivity contribution in [2.75, 3.05) is 27.2 Å². The Hall–Kier alpha value is -3.26. The number of nitrogens with one attached hydrogen (secondary N) is 2. The number of nitrogens with zero attached hydrogens (tertiary/aromatic N) is 3. The molecule has 2 N–H and O–H groups in total. The van der Waals surface area contributed by atoms with Crippen molar-refractivity contribution in [2.24, 2.45) is 0 Å². The third-order valence-electron chi connectivity index (χ3n) is 4.16. The zero-order chi connectivity index (χ0) is 19.4. The van der Waals surface area contributed by atoms with Crippen LogP contribution in [0.3, 0.4) is 0 Å². The van der Waals surface area contributed by atoms with Gasteiger partial charge in [0, 0.05) is 29.8 Å². The summed E-state index contributed by atoms with van der Waals surface area (Å²) in [6, 6.07) is 11.5. The molecule has 0 aliphatic rings. The molecule has 0 saturated carbocycles. The van der Waals surface area contributed by atoms with Crippen LogP contribution < -0.4 is 5.32 Å². The van der Waals surface area contributed by atoms with Gasteiger partial charge in [0.1, 0.15) is 5.82 Å². The standard InChI is InChI=1S/C19H21N5O3/c1-23(2)11-3-10-20-19(25)14-6-9-16-17(12-14)22-18(21-16)13-4-7-15(8-5-13)24(26)27/h4-9,12H,3,10-11H2,1-2H3,(H,20,25)(H,21,22). The lowest BCUT2D eigenvalue weighted by molar-refractivity contribution is -0.384. The maximum atomic E-state index is 12.3. The lowest BCUT2D eigenvalue weighted by Gasteiger charge is -2.09. The predicted molar refractivity (Wildman–Crippen MR) is 104 cm³/mol. The second-order valence-electron chi connectivity index (χ2n) is 6.53. The quantitative estimate of drug-likeness (QED) is 0.380. The topological polar surface area (TPSA) is 104 Å². The molecule has 2 aromatic carbocycles. The minimum atomic E-state index is -0.439. The number of hydrogen-bond acceptors (Lipinski definition) is 5. The lowest BCUT2D eigenvalue weighted by Crippen LogP contribution is -2.27. The van der Waals surface area contributed by atoms with Crippen molar-refractivity contribution in [3.63, 3.8) is 0 Å². The summed E-state index contributed by atoms with van der Waals surface area (Å²) in [7, 11) is 3.99.